The van der Waals surface area contributed by atoms with Crippen molar-refractivity contribution in [2.75, 3.05) is 0 Å². The lowest BCUT2D eigenvalue weighted by Crippen LogP contribution is -2.09. The molecule has 1 aromatic rings. The van der Waals surface area contributed by atoms with Crippen molar-refractivity contribution in [3.63, 3.8) is 0 Å². The van der Waals surface area contributed by atoms with Crippen LogP contribution in [0.15, 0.2) is 12.3 Å². The first kappa shape index (κ1) is 14.1. The molecule has 0 saturated heterocycles. The molecule has 3 heteroatoms. The summed E-state index contributed by atoms with van der Waals surface area (Å²) in [5, 5.41) is 10.2. The van der Waals surface area contributed by atoms with Crippen molar-refractivity contribution in [1.29, 1.82) is 0 Å². The van der Waals surface area contributed by atoms with Gasteiger partial charge >= 0.3 is 0 Å². The van der Waals surface area contributed by atoms with E-state index in [2.05, 4.69) is 23.8 Å². The minimum Gasteiger partial charge on any atom is -0.387 e. The number of aryl methyl sites for hydroxylation is 1. The van der Waals surface area contributed by atoms with Crippen LogP contribution >= 0.6 is 0 Å². The van der Waals surface area contributed by atoms with Gasteiger partial charge in [-0.05, 0) is 25.3 Å². The first-order chi connectivity index (χ1) is 8.17. The van der Waals surface area contributed by atoms with Crippen molar-refractivity contribution in [3.05, 3.63) is 23.8 Å². The number of nitrogens with zero attached hydrogens (tertiary/aromatic N) is 2. The van der Waals surface area contributed by atoms with Crippen molar-refractivity contribution >= 4 is 0 Å². The Bertz CT molecular complexity index is 328. The van der Waals surface area contributed by atoms with E-state index in [0.29, 0.717) is 5.92 Å². The van der Waals surface area contributed by atoms with E-state index in [1.165, 1.54) is 19.3 Å². The average Bonchev–Trinajstić information content (AvgIpc) is 2.34. The fourth-order valence-electron chi connectivity index (χ4n) is 2.08. The molecule has 3 nitrogen and oxygen atoms in total. The summed E-state index contributed by atoms with van der Waals surface area (Å²) in [6, 6.07) is 1.81. The third-order valence-corrected chi connectivity index (χ3v) is 3.24. The molecule has 0 aliphatic heterocycles. The molecular formula is C14H24N2O. The Morgan fingerprint density at radius 2 is 2.12 bits per heavy atom. The van der Waals surface area contributed by atoms with Gasteiger partial charge in [-0.25, -0.2) is 9.97 Å². The van der Waals surface area contributed by atoms with Crippen molar-refractivity contribution in [2.45, 2.75) is 59.0 Å². The predicted octanol–water partition coefficient (Wildman–Crippen LogP) is 3.42. The van der Waals surface area contributed by atoms with E-state index in [0.717, 1.165) is 24.4 Å². The van der Waals surface area contributed by atoms with Crippen LogP contribution in [0.1, 0.15) is 63.6 Å². The fourth-order valence-corrected chi connectivity index (χ4v) is 2.08. The molecule has 1 heterocycles. The van der Waals surface area contributed by atoms with E-state index in [1.54, 1.807) is 6.20 Å². The molecule has 2 unspecified atom stereocenters. The molecule has 1 aromatic heterocycles. The largest absolute Gasteiger partial charge is 0.387 e. The fraction of sp³-hybridized carbons (Fsp3) is 0.714. The van der Waals surface area contributed by atoms with Crippen molar-refractivity contribution in [3.8, 4) is 0 Å². The molecule has 96 valence electrons. The SMILES string of the molecule is CCCCC(CC)CC(O)c1ccnc(C)n1. The lowest BCUT2D eigenvalue weighted by atomic mass is 9.92. The zero-order valence-corrected chi connectivity index (χ0v) is 11.2. The monoisotopic (exact) mass is 236 g/mol. The Kier molecular flexibility index (Phi) is 6.12. The summed E-state index contributed by atoms with van der Waals surface area (Å²) in [6.07, 6.45) is 6.88. The molecular weight excluding hydrogens is 212 g/mol. The van der Waals surface area contributed by atoms with Crippen LogP contribution < -0.4 is 0 Å². The third kappa shape index (κ3) is 4.82. The normalized spacial score (nSPS) is 14.6. The number of hydrogen-bond acceptors (Lipinski definition) is 3. The van der Waals surface area contributed by atoms with Crippen LogP contribution in [0.2, 0.25) is 0 Å². The summed E-state index contributed by atoms with van der Waals surface area (Å²) in [6.45, 7) is 6.25. The second kappa shape index (κ2) is 7.38. The van der Waals surface area contributed by atoms with E-state index in [9.17, 15) is 5.11 Å². The summed E-state index contributed by atoms with van der Waals surface area (Å²) in [5.74, 6) is 1.32. The molecule has 0 fully saturated rings. The van der Waals surface area contributed by atoms with Crippen LogP contribution in [-0.2, 0) is 0 Å². The molecule has 0 spiro atoms. The van der Waals surface area contributed by atoms with Crippen molar-refractivity contribution < 1.29 is 5.11 Å². The van der Waals surface area contributed by atoms with Crippen LogP contribution in [0.4, 0.5) is 0 Å². The highest BCUT2D eigenvalue weighted by molar-refractivity contribution is 5.05. The van der Waals surface area contributed by atoms with E-state index < -0.39 is 6.10 Å². The second-order valence-corrected chi connectivity index (χ2v) is 4.70. The highest BCUT2D eigenvalue weighted by atomic mass is 16.3. The maximum atomic E-state index is 10.2. The Hall–Kier alpha value is -0.960. The first-order valence-electron chi connectivity index (χ1n) is 6.65. The van der Waals surface area contributed by atoms with Gasteiger partial charge in [-0.2, -0.15) is 0 Å². The number of aliphatic hydroxyl groups excluding tert-OH is 1. The summed E-state index contributed by atoms with van der Waals surface area (Å²) in [7, 11) is 0. The van der Waals surface area contributed by atoms with Crippen LogP contribution in [0.25, 0.3) is 0 Å². The number of hydrogen-bond donors (Lipinski definition) is 1. The molecule has 0 aliphatic rings. The van der Waals surface area contributed by atoms with Gasteiger partial charge in [0, 0.05) is 6.20 Å². The Balaban J connectivity index is 2.54. The summed E-state index contributed by atoms with van der Waals surface area (Å²) in [5.41, 5.74) is 0.757. The summed E-state index contributed by atoms with van der Waals surface area (Å²) >= 11 is 0. The molecule has 0 saturated carbocycles. The van der Waals surface area contributed by atoms with Gasteiger partial charge in [0.2, 0.25) is 0 Å². The van der Waals surface area contributed by atoms with Gasteiger partial charge in [0.05, 0.1) is 11.8 Å². The number of rotatable bonds is 7. The van der Waals surface area contributed by atoms with Crippen LogP contribution in [0.3, 0.4) is 0 Å². The lowest BCUT2D eigenvalue weighted by molar-refractivity contribution is 0.134. The lowest BCUT2D eigenvalue weighted by Gasteiger charge is -2.18. The maximum Gasteiger partial charge on any atom is 0.125 e. The predicted molar refractivity (Wildman–Crippen MR) is 69.7 cm³/mol. The maximum absolute atomic E-state index is 10.2. The Morgan fingerprint density at radius 3 is 2.71 bits per heavy atom. The second-order valence-electron chi connectivity index (χ2n) is 4.70. The van der Waals surface area contributed by atoms with Crippen LogP contribution in [0, 0.1) is 12.8 Å². The molecule has 0 amide bonds. The van der Waals surface area contributed by atoms with Gasteiger partial charge in [-0.1, -0.05) is 39.5 Å². The molecule has 1 N–H and O–H groups in total. The van der Waals surface area contributed by atoms with Gasteiger partial charge in [-0.15, -0.1) is 0 Å². The van der Waals surface area contributed by atoms with Gasteiger partial charge < -0.3 is 5.11 Å². The molecule has 0 aliphatic carbocycles. The highest BCUT2D eigenvalue weighted by Crippen LogP contribution is 2.25. The minimum atomic E-state index is -0.446. The molecule has 0 radical (unpaired) electrons. The Morgan fingerprint density at radius 1 is 1.35 bits per heavy atom. The topological polar surface area (TPSA) is 46.0 Å². The smallest absolute Gasteiger partial charge is 0.125 e. The van der Waals surface area contributed by atoms with E-state index in [-0.39, 0.29) is 0 Å². The molecule has 2 atom stereocenters. The van der Waals surface area contributed by atoms with Crippen LogP contribution in [0.5, 0.6) is 0 Å². The van der Waals surface area contributed by atoms with Crippen molar-refractivity contribution in [1.82, 2.24) is 9.97 Å². The molecule has 1 rings (SSSR count). The first-order valence-corrected chi connectivity index (χ1v) is 6.65. The third-order valence-electron chi connectivity index (χ3n) is 3.24. The van der Waals surface area contributed by atoms with Crippen LogP contribution in [-0.4, -0.2) is 15.1 Å². The van der Waals surface area contributed by atoms with Gasteiger partial charge in [0.15, 0.2) is 0 Å². The summed E-state index contributed by atoms with van der Waals surface area (Å²) in [4.78, 5) is 8.33. The average molecular weight is 236 g/mol. The standard InChI is InChI=1S/C14H24N2O/c1-4-6-7-12(5-2)10-14(17)13-8-9-15-11(3)16-13/h8-9,12,14,17H,4-7,10H2,1-3H3. The zero-order chi connectivity index (χ0) is 12.7. The van der Waals surface area contributed by atoms with Gasteiger partial charge in [0.1, 0.15) is 5.82 Å². The molecule has 0 bridgehead atoms. The van der Waals surface area contributed by atoms with E-state index >= 15 is 0 Å². The molecule has 0 aromatic carbocycles. The van der Waals surface area contributed by atoms with E-state index in [4.69, 9.17) is 0 Å². The minimum absolute atomic E-state index is 0.446. The van der Waals surface area contributed by atoms with Gasteiger partial charge in [0.25, 0.3) is 0 Å². The number of aliphatic hydroxyl groups is 1. The number of unbranched alkanes of at least 4 members (excludes halogenated alkanes) is 1. The van der Waals surface area contributed by atoms with E-state index in [1.807, 2.05) is 13.0 Å². The summed E-state index contributed by atoms with van der Waals surface area (Å²) < 4.78 is 0. The Labute approximate surface area is 104 Å². The number of aromatic nitrogens is 2. The quantitative estimate of drug-likeness (QED) is 0.789. The van der Waals surface area contributed by atoms with Crippen molar-refractivity contribution in [2.24, 2.45) is 5.92 Å². The highest BCUT2D eigenvalue weighted by Gasteiger charge is 2.15. The zero-order valence-electron chi connectivity index (χ0n) is 11.2. The van der Waals surface area contributed by atoms with Gasteiger partial charge in [-0.3, -0.25) is 0 Å². The molecule has 17 heavy (non-hydrogen) atoms.